The molecule has 1 aromatic carbocycles. The summed E-state index contributed by atoms with van der Waals surface area (Å²) in [5, 5.41) is 12.8. The van der Waals surface area contributed by atoms with Gasteiger partial charge in [0.05, 0.1) is 19.6 Å². The first-order valence-corrected chi connectivity index (χ1v) is 15.0. The highest BCUT2D eigenvalue weighted by Gasteiger charge is 2.41. The first-order valence-electron chi connectivity index (χ1n) is 15.0. The third-order valence-corrected chi connectivity index (χ3v) is 6.92. The number of nitrogens with zero attached hydrogens (tertiary/aromatic N) is 1. The Hall–Kier alpha value is -4.55. The van der Waals surface area contributed by atoms with E-state index in [0.717, 1.165) is 5.56 Å². The number of imide groups is 1. The van der Waals surface area contributed by atoms with E-state index in [1.54, 1.807) is 38.1 Å². The van der Waals surface area contributed by atoms with Gasteiger partial charge in [0.25, 0.3) is 11.8 Å². The molecule has 0 bridgehead atoms. The number of hydrogen-bond donors (Lipinski definition) is 5. The number of hydrogen-bond acceptors (Lipinski definition) is 7. The Labute approximate surface area is 264 Å². The molecule has 13 nitrogen and oxygen atoms in total. The highest BCUT2D eigenvalue weighted by atomic mass is 16.2. The van der Waals surface area contributed by atoms with Crippen molar-refractivity contribution in [3.05, 3.63) is 48.0 Å². The van der Waals surface area contributed by atoms with Crippen LogP contribution in [0.25, 0.3) is 0 Å². The zero-order valence-electron chi connectivity index (χ0n) is 27.0. The molecule has 0 aliphatic carbocycles. The summed E-state index contributed by atoms with van der Waals surface area (Å²) >= 11 is 0. The third-order valence-electron chi connectivity index (χ3n) is 6.92. The van der Waals surface area contributed by atoms with Gasteiger partial charge >= 0.3 is 0 Å². The SMILES string of the molecule is CC(C)CNC(=O)CNC(=O)[C@H](Cc1ccccc1)NC(=O)CNC(=O)CNC(=O)CC(C)(C)CC(C)(C)N1C(=O)C=CC1=O. The van der Waals surface area contributed by atoms with E-state index in [-0.39, 0.29) is 37.8 Å². The fourth-order valence-corrected chi connectivity index (χ4v) is 5.20. The van der Waals surface area contributed by atoms with Crippen molar-refractivity contribution in [1.29, 1.82) is 0 Å². The molecular weight excluding hydrogens is 580 g/mol. The van der Waals surface area contributed by atoms with Crippen LogP contribution in [0.1, 0.15) is 59.9 Å². The van der Waals surface area contributed by atoms with Gasteiger partial charge in [-0.25, -0.2) is 0 Å². The number of benzene rings is 1. The van der Waals surface area contributed by atoms with E-state index in [4.69, 9.17) is 0 Å². The van der Waals surface area contributed by atoms with Crippen molar-refractivity contribution in [3.63, 3.8) is 0 Å². The zero-order chi connectivity index (χ0) is 33.8. The van der Waals surface area contributed by atoms with Crippen molar-refractivity contribution in [3.8, 4) is 0 Å². The van der Waals surface area contributed by atoms with Gasteiger partial charge in [0.15, 0.2) is 0 Å². The van der Waals surface area contributed by atoms with Crippen molar-refractivity contribution in [2.45, 2.75) is 72.4 Å². The molecule has 13 heteroatoms. The molecular formula is C32H46N6O7. The topological polar surface area (TPSA) is 183 Å². The molecule has 7 amide bonds. The Bertz CT molecular complexity index is 1270. The molecule has 0 unspecified atom stereocenters. The Kier molecular flexibility index (Phi) is 13.4. The molecule has 0 saturated carbocycles. The standard InChI is InChI=1S/C32H46N6O7/c1-21(2)16-33-26(41)18-36-30(45)23(14-22-10-8-7-9-11-22)37-27(42)19-35-25(40)17-34-24(39)15-31(3,4)20-32(5,6)38-28(43)12-13-29(38)44/h7-13,21,23H,14-20H2,1-6H3,(H,33,41)(H,34,39)(H,35,40)(H,36,45)(H,37,42)/t23-/m0/s1. The molecule has 5 N–H and O–H groups in total. The maximum absolute atomic E-state index is 12.9. The van der Waals surface area contributed by atoms with Crippen molar-refractivity contribution in [2.75, 3.05) is 26.2 Å². The molecule has 0 saturated heterocycles. The third kappa shape index (κ3) is 12.9. The smallest absolute Gasteiger partial charge is 0.254 e. The molecule has 0 spiro atoms. The molecule has 246 valence electrons. The molecule has 45 heavy (non-hydrogen) atoms. The predicted molar refractivity (Wildman–Crippen MR) is 167 cm³/mol. The molecule has 1 atom stereocenters. The number of carbonyl (C=O) groups excluding carboxylic acids is 7. The Balaban J connectivity index is 1.84. The Morgan fingerprint density at radius 2 is 1.27 bits per heavy atom. The largest absolute Gasteiger partial charge is 0.354 e. The van der Waals surface area contributed by atoms with E-state index in [0.29, 0.717) is 13.0 Å². The number of rotatable bonds is 17. The summed E-state index contributed by atoms with van der Waals surface area (Å²) in [5.74, 6) is -3.10. The molecule has 1 aromatic rings. The summed E-state index contributed by atoms with van der Waals surface area (Å²) in [6.45, 7) is 10.5. The summed E-state index contributed by atoms with van der Waals surface area (Å²) < 4.78 is 0. The summed E-state index contributed by atoms with van der Waals surface area (Å²) in [7, 11) is 0. The summed E-state index contributed by atoms with van der Waals surface area (Å²) in [5.41, 5.74) is -0.659. The van der Waals surface area contributed by atoms with Crippen molar-refractivity contribution in [1.82, 2.24) is 31.5 Å². The fraction of sp³-hybridized carbons (Fsp3) is 0.531. The van der Waals surface area contributed by atoms with Gasteiger partial charge < -0.3 is 26.6 Å². The summed E-state index contributed by atoms with van der Waals surface area (Å²) in [4.78, 5) is 88.0. The van der Waals surface area contributed by atoms with Crippen LogP contribution in [0, 0.1) is 11.3 Å². The van der Waals surface area contributed by atoms with E-state index >= 15 is 0 Å². The Morgan fingerprint density at radius 3 is 1.87 bits per heavy atom. The van der Waals surface area contributed by atoms with Crippen LogP contribution in [-0.2, 0) is 40.0 Å². The van der Waals surface area contributed by atoms with Crippen LogP contribution < -0.4 is 26.6 Å². The van der Waals surface area contributed by atoms with E-state index in [1.165, 1.54) is 17.1 Å². The van der Waals surface area contributed by atoms with E-state index in [1.807, 2.05) is 33.8 Å². The summed E-state index contributed by atoms with van der Waals surface area (Å²) in [6, 6.07) is 8.03. The predicted octanol–water partition coefficient (Wildman–Crippen LogP) is 0.345. The molecule has 0 radical (unpaired) electrons. The van der Waals surface area contributed by atoms with Crippen LogP contribution in [0.3, 0.4) is 0 Å². The second-order valence-electron chi connectivity index (χ2n) is 13.0. The normalized spacial score (nSPS) is 13.8. The van der Waals surface area contributed by atoms with E-state index < -0.39 is 59.0 Å². The molecule has 1 heterocycles. The first kappa shape index (κ1) is 36.6. The van der Waals surface area contributed by atoms with Gasteiger partial charge in [-0.2, -0.15) is 0 Å². The fourth-order valence-electron chi connectivity index (χ4n) is 5.20. The van der Waals surface area contributed by atoms with Crippen molar-refractivity contribution >= 4 is 41.4 Å². The van der Waals surface area contributed by atoms with Gasteiger partial charge in [-0.3, -0.25) is 38.5 Å². The van der Waals surface area contributed by atoms with Gasteiger partial charge in [-0.1, -0.05) is 58.0 Å². The quantitative estimate of drug-likeness (QED) is 0.155. The van der Waals surface area contributed by atoms with Gasteiger partial charge in [0.2, 0.25) is 29.5 Å². The lowest BCUT2D eigenvalue weighted by molar-refractivity contribution is -0.144. The van der Waals surface area contributed by atoms with Crippen LogP contribution in [0.15, 0.2) is 42.5 Å². The highest BCUT2D eigenvalue weighted by molar-refractivity contribution is 6.13. The lowest BCUT2D eigenvalue weighted by Crippen LogP contribution is -2.52. The minimum Gasteiger partial charge on any atom is -0.354 e. The van der Waals surface area contributed by atoms with Crippen LogP contribution in [-0.4, -0.2) is 84.0 Å². The number of nitrogens with one attached hydrogen (secondary N) is 5. The summed E-state index contributed by atoms with van der Waals surface area (Å²) in [6.07, 6.45) is 2.98. The average Bonchev–Trinajstić information content (AvgIpc) is 3.30. The maximum atomic E-state index is 12.9. The second-order valence-corrected chi connectivity index (χ2v) is 13.0. The average molecular weight is 627 g/mol. The molecule has 0 fully saturated rings. The van der Waals surface area contributed by atoms with Gasteiger partial charge in [0, 0.05) is 37.1 Å². The number of carbonyl (C=O) groups is 7. The molecule has 2 rings (SSSR count). The molecule has 0 aromatic heterocycles. The first-order chi connectivity index (χ1) is 21.0. The van der Waals surface area contributed by atoms with Gasteiger partial charge in [-0.05, 0) is 37.2 Å². The molecule has 1 aliphatic heterocycles. The van der Waals surface area contributed by atoms with Crippen molar-refractivity contribution < 1.29 is 33.6 Å². The molecule has 1 aliphatic rings. The minimum absolute atomic E-state index is 0.0274. The lowest BCUT2D eigenvalue weighted by Gasteiger charge is -2.40. The van der Waals surface area contributed by atoms with Crippen LogP contribution in [0.4, 0.5) is 0 Å². The second kappa shape index (κ2) is 16.5. The van der Waals surface area contributed by atoms with Gasteiger partial charge in [-0.15, -0.1) is 0 Å². The van der Waals surface area contributed by atoms with E-state index in [9.17, 15) is 33.6 Å². The van der Waals surface area contributed by atoms with Gasteiger partial charge in [0.1, 0.15) is 6.04 Å². The highest BCUT2D eigenvalue weighted by Crippen LogP contribution is 2.35. The van der Waals surface area contributed by atoms with Crippen LogP contribution >= 0.6 is 0 Å². The Morgan fingerprint density at radius 1 is 0.733 bits per heavy atom. The monoisotopic (exact) mass is 626 g/mol. The van der Waals surface area contributed by atoms with Crippen LogP contribution in [0.2, 0.25) is 0 Å². The number of amides is 7. The lowest BCUT2D eigenvalue weighted by atomic mass is 9.76. The van der Waals surface area contributed by atoms with Crippen molar-refractivity contribution in [2.24, 2.45) is 11.3 Å². The van der Waals surface area contributed by atoms with E-state index in [2.05, 4.69) is 26.6 Å². The minimum atomic E-state index is -0.997. The van der Waals surface area contributed by atoms with Crippen LogP contribution in [0.5, 0.6) is 0 Å². The zero-order valence-corrected chi connectivity index (χ0v) is 27.0. The maximum Gasteiger partial charge on any atom is 0.254 e.